The molecule has 0 radical (unpaired) electrons. The summed E-state index contributed by atoms with van der Waals surface area (Å²) in [6.07, 6.45) is 0.424. The van der Waals surface area contributed by atoms with Gasteiger partial charge in [0.15, 0.2) is 0 Å². The molecule has 1 rings (SSSR count). The number of aliphatic carboxylic acids is 1. The number of rotatable bonds is 5. The zero-order chi connectivity index (χ0) is 12.1. The zero-order valence-electron chi connectivity index (χ0n) is 9.12. The van der Waals surface area contributed by atoms with Crippen molar-refractivity contribution in [1.82, 2.24) is 0 Å². The topological polar surface area (TPSA) is 55.8 Å². The van der Waals surface area contributed by atoms with E-state index in [0.717, 1.165) is 5.56 Å². The fourth-order valence-corrected chi connectivity index (χ4v) is 1.59. The first kappa shape index (κ1) is 12.6. The number of hydrogen-bond donors (Lipinski definition) is 1. The molecule has 0 aliphatic heterocycles. The Hall–Kier alpha value is -1.42. The molecule has 88 valence electrons. The number of benzene rings is 1. The molecule has 0 saturated carbocycles. The molecule has 0 bridgehead atoms. The van der Waals surface area contributed by atoms with Crippen LogP contribution in [-0.2, 0) is 11.2 Å². The molecule has 0 spiro atoms. The summed E-state index contributed by atoms with van der Waals surface area (Å²) in [7, 11) is 3.02. The minimum Gasteiger partial charge on any atom is -0.496 e. The van der Waals surface area contributed by atoms with Crippen molar-refractivity contribution in [1.29, 1.82) is 0 Å². The molecule has 1 aromatic rings. The van der Waals surface area contributed by atoms with Crippen LogP contribution in [0.3, 0.4) is 0 Å². The van der Waals surface area contributed by atoms with Crippen molar-refractivity contribution in [3.05, 3.63) is 22.7 Å². The fraction of sp³-hybridized carbons (Fsp3) is 0.364. The average molecular weight is 245 g/mol. The lowest BCUT2D eigenvalue weighted by molar-refractivity contribution is -0.136. The van der Waals surface area contributed by atoms with E-state index in [-0.39, 0.29) is 6.42 Å². The van der Waals surface area contributed by atoms with Gasteiger partial charge in [-0.2, -0.15) is 0 Å². The molecular weight excluding hydrogens is 232 g/mol. The Morgan fingerprint density at radius 2 is 1.94 bits per heavy atom. The maximum absolute atomic E-state index is 10.5. The fourth-order valence-electron chi connectivity index (χ4n) is 1.36. The van der Waals surface area contributed by atoms with Crippen LogP contribution in [0.2, 0.25) is 5.02 Å². The first-order valence-electron chi connectivity index (χ1n) is 4.70. The van der Waals surface area contributed by atoms with Crippen molar-refractivity contribution in [2.45, 2.75) is 12.8 Å². The number of carboxylic acids is 1. The molecule has 1 aromatic carbocycles. The second-order valence-corrected chi connectivity index (χ2v) is 3.60. The molecule has 0 unspecified atom stereocenters. The minimum absolute atomic E-state index is 0.0428. The Bertz CT molecular complexity index is 390. The number of ether oxygens (including phenoxy) is 2. The van der Waals surface area contributed by atoms with E-state index in [9.17, 15) is 4.79 Å². The molecule has 0 heterocycles. The molecule has 0 aromatic heterocycles. The van der Waals surface area contributed by atoms with Gasteiger partial charge >= 0.3 is 5.97 Å². The highest BCUT2D eigenvalue weighted by atomic mass is 35.5. The summed E-state index contributed by atoms with van der Waals surface area (Å²) in [5, 5.41) is 9.06. The van der Waals surface area contributed by atoms with E-state index in [4.69, 9.17) is 26.2 Å². The molecule has 0 saturated heterocycles. The van der Waals surface area contributed by atoms with E-state index in [1.54, 1.807) is 12.1 Å². The van der Waals surface area contributed by atoms with Crippen LogP contribution in [-0.4, -0.2) is 25.3 Å². The average Bonchev–Trinajstić information content (AvgIpc) is 2.26. The molecular formula is C11H13ClO4. The number of carboxylic acid groups (broad SMARTS) is 1. The van der Waals surface area contributed by atoms with Gasteiger partial charge < -0.3 is 14.6 Å². The Balaban J connectivity index is 2.99. The van der Waals surface area contributed by atoms with Crippen molar-refractivity contribution in [3.8, 4) is 11.5 Å². The number of methoxy groups -OCH3 is 2. The Labute approximate surface area is 98.7 Å². The monoisotopic (exact) mass is 244 g/mol. The Morgan fingerprint density at radius 3 is 2.44 bits per heavy atom. The highest BCUT2D eigenvalue weighted by Gasteiger charge is 2.10. The van der Waals surface area contributed by atoms with Gasteiger partial charge in [0.1, 0.15) is 11.5 Å². The minimum atomic E-state index is -0.851. The lowest BCUT2D eigenvalue weighted by Gasteiger charge is -2.11. The van der Waals surface area contributed by atoms with Gasteiger partial charge in [0, 0.05) is 12.5 Å². The van der Waals surface area contributed by atoms with Crippen LogP contribution in [0.25, 0.3) is 0 Å². The lowest BCUT2D eigenvalue weighted by Crippen LogP contribution is -2.00. The molecule has 16 heavy (non-hydrogen) atoms. The summed E-state index contributed by atoms with van der Waals surface area (Å²) in [6, 6.07) is 3.32. The van der Waals surface area contributed by atoms with Crippen LogP contribution in [0.15, 0.2) is 12.1 Å². The molecule has 5 heteroatoms. The molecule has 4 nitrogen and oxygen atoms in total. The second-order valence-electron chi connectivity index (χ2n) is 3.19. The summed E-state index contributed by atoms with van der Waals surface area (Å²) in [5.41, 5.74) is 0.770. The summed E-state index contributed by atoms with van der Waals surface area (Å²) < 4.78 is 10.2. The maximum atomic E-state index is 10.5. The van der Waals surface area contributed by atoms with Crippen LogP contribution < -0.4 is 9.47 Å². The SMILES string of the molecule is COc1cc(CCC(=O)O)c(OC)cc1Cl. The Kier molecular flexibility index (Phi) is 4.43. The second kappa shape index (κ2) is 5.61. The molecule has 0 fully saturated rings. The van der Waals surface area contributed by atoms with Crippen molar-refractivity contribution in [2.75, 3.05) is 14.2 Å². The van der Waals surface area contributed by atoms with Crippen LogP contribution in [0, 0.1) is 0 Å². The normalized spacial score (nSPS) is 9.94. The van der Waals surface area contributed by atoms with Crippen molar-refractivity contribution in [2.24, 2.45) is 0 Å². The van der Waals surface area contributed by atoms with E-state index >= 15 is 0 Å². The Morgan fingerprint density at radius 1 is 1.31 bits per heavy atom. The third kappa shape index (κ3) is 3.03. The predicted molar refractivity (Wildman–Crippen MR) is 60.5 cm³/mol. The first-order chi connectivity index (χ1) is 7.58. The largest absolute Gasteiger partial charge is 0.496 e. The van der Waals surface area contributed by atoms with E-state index in [2.05, 4.69) is 0 Å². The standard InChI is InChI=1S/C11H13ClO4/c1-15-9-6-8(12)10(16-2)5-7(9)3-4-11(13)14/h5-6H,3-4H2,1-2H3,(H,13,14). The number of hydrogen-bond acceptors (Lipinski definition) is 3. The molecule has 0 atom stereocenters. The van der Waals surface area contributed by atoms with Crippen LogP contribution >= 0.6 is 11.6 Å². The summed E-state index contributed by atoms with van der Waals surface area (Å²) in [4.78, 5) is 10.5. The van der Waals surface area contributed by atoms with Gasteiger partial charge in [-0.05, 0) is 18.1 Å². The van der Waals surface area contributed by atoms with Gasteiger partial charge in [-0.15, -0.1) is 0 Å². The highest BCUT2D eigenvalue weighted by Crippen LogP contribution is 2.32. The highest BCUT2D eigenvalue weighted by molar-refractivity contribution is 6.32. The predicted octanol–water partition coefficient (Wildman–Crippen LogP) is 2.37. The van der Waals surface area contributed by atoms with Gasteiger partial charge in [-0.1, -0.05) is 11.6 Å². The summed E-state index contributed by atoms with van der Waals surface area (Å²) >= 11 is 5.92. The van der Waals surface area contributed by atoms with Gasteiger partial charge in [0.05, 0.1) is 19.2 Å². The number of carbonyl (C=O) groups is 1. The van der Waals surface area contributed by atoms with E-state index < -0.39 is 5.97 Å². The quantitative estimate of drug-likeness (QED) is 0.864. The van der Waals surface area contributed by atoms with Crippen LogP contribution in [0.5, 0.6) is 11.5 Å². The maximum Gasteiger partial charge on any atom is 0.303 e. The molecule has 0 amide bonds. The zero-order valence-corrected chi connectivity index (χ0v) is 9.87. The number of aryl methyl sites for hydroxylation is 1. The third-order valence-corrected chi connectivity index (χ3v) is 2.46. The summed E-state index contributed by atoms with van der Waals surface area (Å²) in [6.45, 7) is 0. The van der Waals surface area contributed by atoms with Crippen molar-refractivity contribution >= 4 is 17.6 Å². The van der Waals surface area contributed by atoms with E-state index in [1.807, 2.05) is 0 Å². The lowest BCUT2D eigenvalue weighted by atomic mass is 10.1. The molecule has 1 N–H and O–H groups in total. The number of halogens is 1. The first-order valence-corrected chi connectivity index (χ1v) is 5.08. The van der Waals surface area contributed by atoms with Gasteiger partial charge in [0.25, 0.3) is 0 Å². The van der Waals surface area contributed by atoms with E-state index in [0.29, 0.717) is 22.9 Å². The van der Waals surface area contributed by atoms with E-state index in [1.165, 1.54) is 14.2 Å². The van der Waals surface area contributed by atoms with Crippen LogP contribution in [0.1, 0.15) is 12.0 Å². The smallest absolute Gasteiger partial charge is 0.303 e. The van der Waals surface area contributed by atoms with Gasteiger partial charge in [0.2, 0.25) is 0 Å². The van der Waals surface area contributed by atoms with Gasteiger partial charge in [-0.3, -0.25) is 4.79 Å². The summed E-state index contributed by atoms with van der Waals surface area (Å²) in [5.74, 6) is 0.242. The molecule has 0 aliphatic rings. The van der Waals surface area contributed by atoms with Gasteiger partial charge in [-0.25, -0.2) is 0 Å². The van der Waals surface area contributed by atoms with Crippen molar-refractivity contribution in [3.63, 3.8) is 0 Å². The van der Waals surface area contributed by atoms with Crippen LogP contribution in [0.4, 0.5) is 0 Å². The van der Waals surface area contributed by atoms with Crippen molar-refractivity contribution < 1.29 is 19.4 Å². The third-order valence-electron chi connectivity index (χ3n) is 2.16. The molecule has 0 aliphatic carbocycles.